The number of nitrogens with zero attached hydrogens (tertiary/aromatic N) is 1. The van der Waals surface area contributed by atoms with E-state index < -0.39 is 0 Å². The second kappa shape index (κ2) is 6.65. The summed E-state index contributed by atoms with van der Waals surface area (Å²) in [6.07, 6.45) is 8.62. The molecule has 0 aromatic carbocycles. The van der Waals surface area contributed by atoms with Crippen molar-refractivity contribution < 1.29 is 0 Å². The van der Waals surface area contributed by atoms with Crippen LogP contribution >= 0.6 is 0 Å². The lowest BCUT2D eigenvalue weighted by Crippen LogP contribution is -2.00. The van der Waals surface area contributed by atoms with E-state index in [0.29, 0.717) is 0 Å². The Bertz CT molecular complexity index is 200. The van der Waals surface area contributed by atoms with Gasteiger partial charge < -0.3 is 5.84 Å². The molecule has 0 amide bonds. The highest BCUT2D eigenvalue weighted by atomic mass is 15.1. The van der Waals surface area contributed by atoms with E-state index in [1.165, 1.54) is 0 Å². The van der Waals surface area contributed by atoms with Crippen LogP contribution in [-0.2, 0) is 0 Å². The third-order valence-electron chi connectivity index (χ3n) is 1.61. The summed E-state index contributed by atoms with van der Waals surface area (Å²) in [7, 11) is 0. The molecule has 1 rings (SSSR count). The highest BCUT2D eigenvalue weighted by Gasteiger charge is 1.98. The van der Waals surface area contributed by atoms with Gasteiger partial charge in [-0.05, 0) is 25.3 Å². The van der Waals surface area contributed by atoms with Gasteiger partial charge in [0.1, 0.15) is 0 Å². The minimum absolute atomic E-state index is 0.913. The average molecular weight is 166 g/mol. The van der Waals surface area contributed by atoms with E-state index in [2.05, 4.69) is 23.3 Å². The van der Waals surface area contributed by atoms with Crippen molar-refractivity contribution in [3.63, 3.8) is 0 Å². The average Bonchev–Trinajstić information content (AvgIpc) is 2.21. The lowest BCUT2D eigenvalue weighted by Gasteiger charge is -2.03. The summed E-state index contributed by atoms with van der Waals surface area (Å²) in [5, 5.41) is 3.61. The van der Waals surface area contributed by atoms with Crippen LogP contribution in [0.15, 0.2) is 28.9 Å². The van der Waals surface area contributed by atoms with Gasteiger partial charge in [0.25, 0.3) is 0 Å². The Labute approximate surface area is 74.8 Å². The first-order valence-electron chi connectivity index (χ1n) is 4.46. The number of hydrogen-bond donors (Lipinski definition) is 1. The molecule has 0 heterocycles. The van der Waals surface area contributed by atoms with E-state index in [4.69, 9.17) is 5.84 Å². The zero-order valence-electron chi connectivity index (χ0n) is 8.17. The van der Waals surface area contributed by atoms with Gasteiger partial charge in [-0.3, -0.25) is 0 Å². The second-order valence-corrected chi connectivity index (χ2v) is 2.35. The fourth-order valence-electron chi connectivity index (χ4n) is 0.956. The second-order valence-electron chi connectivity index (χ2n) is 2.35. The summed E-state index contributed by atoms with van der Waals surface area (Å²) in [5.74, 6) is 5.12. The predicted octanol–water partition coefficient (Wildman–Crippen LogP) is 2.62. The van der Waals surface area contributed by atoms with Crippen molar-refractivity contribution in [2.45, 2.75) is 33.6 Å². The Hall–Kier alpha value is -1.05. The Morgan fingerprint density at radius 2 is 2.08 bits per heavy atom. The topological polar surface area (TPSA) is 38.4 Å². The van der Waals surface area contributed by atoms with Crippen molar-refractivity contribution in [1.82, 2.24) is 0 Å². The van der Waals surface area contributed by atoms with E-state index >= 15 is 0 Å². The predicted molar refractivity (Wildman–Crippen MR) is 55.1 cm³/mol. The summed E-state index contributed by atoms with van der Waals surface area (Å²) in [6.45, 7) is 5.92. The van der Waals surface area contributed by atoms with Crippen molar-refractivity contribution in [2.75, 3.05) is 0 Å². The van der Waals surface area contributed by atoms with Crippen LogP contribution in [0.1, 0.15) is 33.6 Å². The van der Waals surface area contributed by atoms with Gasteiger partial charge in [0, 0.05) is 0 Å². The Kier molecular flexibility index (Phi) is 6.07. The molecule has 0 aromatic rings. The van der Waals surface area contributed by atoms with Crippen LogP contribution in [0, 0.1) is 0 Å². The summed E-state index contributed by atoms with van der Waals surface area (Å²) < 4.78 is 0. The van der Waals surface area contributed by atoms with Crippen LogP contribution in [0.25, 0.3) is 0 Å². The third-order valence-corrected chi connectivity index (χ3v) is 1.61. The zero-order chi connectivity index (χ0) is 9.40. The summed E-state index contributed by atoms with van der Waals surface area (Å²) in [6, 6.07) is 0. The molecule has 0 radical (unpaired) electrons. The van der Waals surface area contributed by atoms with Crippen molar-refractivity contribution >= 4 is 5.71 Å². The van der Waals surface area contributed by atoms with Gasteiger partial charge >= 0.3 is 0 Å². The van der Waals surface area contributed by atoms with Gasteiger partial charge in [-0.25, -0.2) is 0 Å². The van der Waals surface area contributed by atoms with Crippen LogP contribution in [0.5, 0.6) is 0 Å². The molecule has 0 unspecified atom stereocenters. The van der Waals surface area contributed by atoms with Crippen LogP contribution in [0.4, 0.5) is 0 Å². The van der Waals surface area contributed by atoms with Crippen LogP contribution in [-0.4, -0.2) is 5.71 Å². The van der Waals surface area contributed by atoms with E-state index in [1.54, 1.807) is 0 Å². The lowest BCUT2D eigenvalue weighted by molar-refractivity contribution is 1.03. The number of hydrogen-bond acceptors (Lipinski definition) is 2. The molecule has 12 heavy (non-hydrogen) atoms. The standard InChI is InChI=1S/C8H12N2.C2H6/c1-7(10-9)8-5-3-2-4-6-8;1-2/h3,5-6H,2,4,9H2,1H3;1-2H3/b10-7-;. The number of allylic oxidation sites excluding steroid dienone is 4. The van der Waals surface area contributed by atoms with Crippen molar-refractivity contribution in [1.29, 1.82) is 0 Å². The van der Waals surface area contributed by atoms with E-state index in [-0.39, 0.29) is 0 Å². The van der Waals surface area contributed by atoms with Gasteiger partial charge in [-0.1, -0.05) is 32.1 Å². The largest absolute Gasteiger partial charge is 0.323 e. The van der Waals surface area contributed by atoms with Gasteiger partial charge in [0.2, 0.25) is 0 Å². The minimum Gasteiger partial charge on any atom is -0.323 e. The van der Waals surface area contributed by atoms with E-state index in [1.807, 2.05) is 20.8 Å². The molecule has 68 valence electrons. The molecule has 2 heteroatoms. The van der Waals surface area contributed by atoms with E-state index in [0.717, 1.165) is 24.1 Å². The maximum atomic E-state index is 5.12. The monoisotopic (exact) mass is 166 g/mol. The summed E-state index contributed by atoms with van der Waals surface area (Å²) >= 11 is 0. The van der Waals surface area contributed by atoms with Crippen LogP contribution in [0.3, 0.4) is 0 Å². The maximum absolute atomic E-state index is 5.12. The Balaban J connectivity index is 0.000000561. The van der Waals surface area contributed by atoms with Crippen LogP contribution in [0.2, 0.25) is 0 Å². The first-order valence-corrected chi connectivity index (χ1v) is 4.46. The number of hydrazone groups is 1. The lowest BCUT2D eigenvalue weighted by atomic mass is 10.0. The SMILES string of the molecule is C/C(=N/N)C1=CCCC=C1.CC. The molecule has 2 nitrogen and oxygen atoms in total. The van der Waals surface area contributed by atoms with Gasteiger partial charge in [0.15, 0.2) is 0 Å². The smallest absolute Gasteiger partial charge is 0.0638 e. The molecule has 1 aliphatic rings. The molecule has 0 atom stereocenters. The highest BCUT2D eigenvalue weighted by molar-refractivity contribution is 6.00. The quantitative estimate of drug-likeness (QED) is 0.363. The molecule has 0 bridgehead atoms. The first kappa shape index (κ1) is 11.0. The van der Waals surface area contributed by atoms with Crippen molar-refractivity contribution in [3.8, 4) is 0 Å². The first-order chi connectivity index (χ1) is 5.84. The molecule has 0 aliphatic heterocycles. The Morgan fingerprint density at radius 3 is 2.50 bits per heavy atom. The summed E-state index contributed by atoms with van der Waals surface area (Å²) in [5.41, 5.74) is 2.07. The molecular formula is C10H18N2. The number of nitrogens with two attached hydrogens (primary N) is 1. The van der Waals surface area contributed by atoms with Gasteiger partial charge in [-0.15, -0.1) is 0 Å². The molecule has 0 saturated heterocycles. The zero-order valence-corrected chi connectivity index (χ0v) is 8.17. The normalized spacial score (nSPS) is 16.2. The number of rotatable bonds is 1. The highest BCUT2D eigenvalue weighted by Crippen LogP contribution is 2.10. The fourth-order valence-corrected chi connectivity index (χ4v) is 0.956. The van der Waals surface area contributed by atoms with Crippen molar-refractivity contribution in [3.05, 3.63) is 23.8 Å². The minimum atomic E-state index is 0.913. The third kappa shape index (κ3) is 3.37. The Morgan fingerprint density at radius 1 is 1.42 bits per heavy atom. The molecule has 0 aromatic heterocycles. The molecule has 0 spiro atoms. The van der Waals surface area contributed by atoms with E-state index in [9.17, 15) is 0 Å². The van der Waals surface area contributed by atoms with Crippen molar-refractivity contribution in [2.24, 2.45) is 10.9 Å². The van der Waals surface area contributed by atoms with Crippen LogP contribution < -0.4 is 5.84 Å². The van der Waals surface area contributed by atoms with Gasteiger partial charge in [-0.2, -0.15) is 5.10 Å². The fraction of sp³-hybridized carbons (Fsp3) is 0.500. The molecule has 0 saturated carbocycles. The molecule has 1 aliphatic carbocycles. The van der Waals surface area contributed by atoms with Gasteiger partial charge in [0.05, 0.1) is 5.71 Å². The summed E-state index contributed by atoms with van der Waals surface area (Å²) in [4.78, 5) is 0. The molecule has 2 N–H and O–H groups in total. The maximum Gasteiger partial charge on any atom is 0.0638 e. The molecular weight excluding hydrogens is 148 g/mol. The molecule has 0 fully saturated rings.